The van der Waals surface area contributed by atoms with E-state index in [4.69, 9.17) is 4.74 Å². The van der Waals surface area contributed by atoms with Gasteiger partial charge in [0.15, 0.2) is 11.6 Å². The molecule has 0 aliphatic rings. The standard InChI is InChI=1S/C19H24FN3O2/c1-25-17-9-7-15(14-16(17)20)8-10-19(24)23-13-5-4-12-22-18-6-2-3-11-21-18/h2-3,6-7,9,11,14H,4-5,8,10,12-13H2,1H3,(H,21,22)(H,23,24). The van der Waals surface area contributed by atoms with Gasteiger partial charge in [0, 0.05) is 25.7 Å². The molecule has 1 aromatic heterocycles. The van der Waals surface area contributed by atoms with E-state index in [0.29, 0.717) is 19.4 Å². The van der Waals surface area contributed by atoms with Crippen LogP contribution in [0.2, 0.25) is 0 Å². The number of amides is 1. The van der Waals surface area contributed by atoms with Crippen molar-refractivity contribution in [2.24, 2.45) is 0 Å². The lowest BCUT2D eigenvalue weighted by Gasteiger charge is -2.07. The molecule has 2 N–H and O–H groups in total. The Morgan fingerprint density at radius 1 is 1.20 bits per heavy atom. The van der Waals surface area contributed by atoms with Crippen LogP contribution < -0.4 is 15.4 Å². The topological polar surface area (TPSA) is 63.2 Å². The summed E-state index contributed by atoms with van der Waals surface area (Å²) in [6.45, 7) is 1.46. The van der Waals surface area contributed by atoms with Gasteiger partial charge in [-0.2, -0.15) is 0 Å². The molecular formula is C19H24FN3O2. The molecule has 0 bridgehead atoms. The second-order valence-corrected chi connectivity index (χ2v) is 5.67. The number of halogens is 1. The number of aryl methyl sites for hydroxylation is 1. The zero-order chi connectivity index (χ0) is 17.9. The second kappa shape index (κ2) is 10.3. The third kappa shape index (κ3) is 6.79. The Morgan fingerprint density at radius 2 is 2.04 bits per heavy atom. The lowest BCUT2D eigenvalue weighted by molar-refractivity contribution is -0.121. The van der Waals surface area contributed by atoms with Crippen LogP contribution in [0, 0.1) is 5.82 Å². The number of pyridine rings is 1. The Morgan fingerprint density at radius 3 is 2.76 bits per heavy atom. The van der Waals surface area contributed by atoms with Crippen molar-refractivity contribution < 1.29 is 13.9 Å². The van der Waals surface area contributed by atoms with E-state index in [2.05, 4.69) is 15.6 Å². The molecule has 0 radical (unpaired) electrons. The van der Waals surface area contributed by atoms with Crippen LogP contribution in [-0.2, 0) is 11.2 Å². The van der Waals surface area contributed by atoms with Crippen molar-refractivity contribution in [2.75, 3.05) is 25.5 Å². The average Bonchev–Trinajstić information content (AvgIpc) is 2.64. The summed E-state index contributed by atoms with van der Waals surface area (Å²) in [5.74, 6) is 0.653. The lowest BCUT2D eigenvalue weighted by atomic mass is 10.1. The average molecular weight is 345 g/mol. The molecule has 0 saturated heterocycles. The van der Waals surface area contributed by atoms with Crippen LogP contribution in [0.25, 0.3) is 0 Å². The van der Waals surface area contributed by atoms with Gasteiger partial charge < -0.3 is 15.4 Å². The third-order valence-electron chi connectivity index (χ3n) is 3.75. The number of nitrogens with zero attached hydrogens (tertiary/aromatic N) is 1. The molecule has 0 aliphatic carbocycles. The van der Waals surface area contributed by atoms with Crippen LogP contribution in [0.15, 0.2) is 42.6 Å². The van der Waals surface area contributed by atoms with Crippen LogP contribution in [0.3, 0.4) is 0 Å². The zero-order valence-corrected chi connectivity index (χ0v) is 14.4. The number of hydrogen-bond acceptors (Lipinski definition) is 4. The predicted octanol–water partition coefficient (Wildman–Crippen LogP) is 3.17. The molecule has 5 nitrogen and oxygen atoms in total. The van der Waals surface area contributed by atoms with Gasteiger partial charge >= 0.3 is 0 Å². The van der Waals surface area contributed by atoms with E-state index in [9.17, 15) is 9.18 Å². The first-order valence-electron chi connectivity index (χ1n) is 8.43. The Balaban J connectivity index is 1.56. The molecule has 2 aromatic rings. The van der Waals surface area contributed by atoms with Gasteiger partial charge in [-0.05, 0) is 49.1 Å². The lowest BCUT2D eigenvalue weighted by Crippen LogP contribution is -2.25. The summed E-state index contributed by atoms with van der Waals surface area (Å²) in [6.07, 6.45) is 4.44. The van der Waals surface area contributed by atoms with Gasteiger partial charge in [0.05, 0.1) is 7.11 Å². The van der Waals surface area contributed by atoms with Crippen LogP contribution in [0.5, 0.6) is 5.75 Å². The van der Waals surface area contributed by atoms with E-state index in [-0.39, 0.29) is 11.7 Å². The molecule has 2 rings (SSSR count). The number of ether oxygens (including phenoxy) is 1. The van der Waals surface area contributed by atoms with Crippen molar-refractivity contribution in [3.8, 4) is 5.75 Å². The highest BCUT2D eigenvalue weighted by Crippen LogP contribution is 2.18. The minimum Gasteiger partial charge on any atom is -0.494 e. The first-order valence-corrected chi connectivity index (χ1v) is 8.43. The number of anilines is 1. The highest BCUT2D eigenvalue weighted by molar-refractivity contribution is 5.76. The van der Waals surface area contributed by atoms with Gasteiger partial charge in [-0.1, -0.05) is 12.1 Å². The maximum absolute atomic E-state index is 13.6. The maximum Gasteiger partial charge on any atom is 0.220 e. The Bertz CT molecular complexity index is 665. The van der Waals surface area contributed by atoms with Gasteiger partial charge in [0.1, 0.15) is 5.82 Å². The molecule has 0 atom stereocenters. The minimum absolute atomic E-state index is 0.0195. The first kappa shape index (κ1) is 18.7. The monoisotopic (exact) mass is 345 g/mol. The molecule has 1 heterocycles. The number of carbonyl (C=O) groups is 1. The highest BCUT2D eigenvalue weighted by atomic mass is 19.1. The van der Waals surface area contributed by atoms with Crippen molar-refractivity contribution >= 4 is 11.7 Å². The second-order valence-electron chi connectivity index (χ2n) is 5.67. The predicted molar refractivity (Wildman–Crippen MR) is 96.2 cm³/mol. The number of hydrogen-bond donors (Lipinski definition) is 2. The summed E-state index contributed by atoms with van der Waals surface area (Å²) in [5.41, 5.74) is 0.785. The number of methoxy groups -OCH3 is 1. The quantitative estimate of drug-likeness (QED) is 0.649. The van der Waals surface area contributed by atoms with E-state index in [1.165, 1.54) is 13.2 Å². The molecule has 0 saturated carbocycles. The molecule has 0 aliphatic heterocycles. The minimum atomic E-state index is -0.402. The Labute approximate surface area is 147 Å². The number of benzene rings is 1. The summed E-state index contributed by atoms with van der Waals surface area (Å²) >= 11 is 0. The maximum atomic E-state index is 13.6. The number of unbranched alkanes of at least 4 members (excludes halogenated alkanes) is 1. The molecule has 1 aromatic carbocycles. The van der Waals surface area contributed by atoms with Crippen molar-refractivity contribution in [1.82, 2.24) is 10.3 Å². The largest absolute Gasteiger partial charge is 0.494 e. The SMILES string of the molecule is COc1ccc(CCC(=O)NCCCCNc2ccccn2)cc1F. The molecule has 0 fully saturated rings. The smallest absolute Gasteiger partial charge is 0.220 e. The molecule has 0 spiro atoms. The molecule has 25 heavy (non-hydrogen) atoms. The van der Waals surface area contributed by atoms with Gasteiger partial charge in [-0.3, -0.25) is 4.79 Å². The molecule has 1 amide bonds. The fraction of sp³-hybridized carbons (Fsp3) is 0.368. The highest BCUT2D eigenvalue weighted by Gasteiger charge is 2.06. The van der Waals surface area contributed by atoms with Crippen LogP contribution in [0.4, 0.5) is 10.2 Å². The van der Waals surface area contributed by atoms with E-state index >= 15 is 0 Å². The van der Waals surface area contributed by atoms with Gasteiger partial charge in [0.25, 0.3) is 0 Å². The van der Waals surface area contributed by atoms with Crippen molar-refractivity contribution in [3.63, 3.8) is 0 Å². The van der Waals surface area contributed by atoms with E-state index in [0.717, 1.165) is 30.8 Å². The Hall–Kier alpha value is -2.63. The number of rotatable bonds is 10. The van der Waals surface area contributed by atoms with Crippen molar-refractivity contribution in [3.05, 3.63) is 54.0 Å². The van der Waals surface area contributed by atoms with Crippen LogP contribution in [-0.4, -0.2) is 31.1 Å². The van der Waals surface area contributed by atoms with Crippen LogP contribution >= 0.6 is 0 Å². The summed E-state index contributed by atoms with van der Waals surface area (Å²) in [7, 11) is 1.43. The number of nitrogens with one attached hydrogen (secondary N) is 2. The van der Waals surface area contributed by atoms with Gasteiger partial charge in [-0.25, -0.2) is 9.37 Å². The molecule has 134 valence electrons. The fourth-order valence-electron chi connectivity index (χ4n) is 2.37. The molecule has 6 heteroatoms. The van der Waals surface area contributed by atoms with E-state index in [1.54, 1.807) is 18.3 Å². The van der Waals surface area contributed by atoms with Gasteiger partial charge in [-0.15, -0.1) is 0 Å². The van der Waals surface area contributed by atoms with Crippen LogP contribution in [0.1, 0.15) is 24.8 Å². The summed E-state index contributed by atoms with van der Waals surface area (Å²) < 4.78 is 18.5. The summed E-state index contributed by atoms with van der Waals surface area (Å²) in [4.78, 5) is 16.0. The molecular weight excluding hydrogens is 321 g/mol. The Kier molecular flexibility index (Phi) is 7.69. The van der Waals surface area contributed by atoms with Crippen molar-refractivity contribution in [2.45, 2.75) is 25.7 Å². The van der Waals surface area contributed by atoms with Crippen molar-refractivity contribution in [1.29, 1.82) is 0 Å². The third-order valence-corrected chi connectivity index (χ3v) is 3.75. The fourth-order valence-corrected chi connectivity index (χ4v) is 2.37. The van der Waals surface area contributed by atoms with E-state index in [1.807, 2.05) is 18.2 Å². The summed E-state index contributed by atoms with van der Waals surface area (Å²) in [6, 6.07) is 10.5. The first-order chi connectivity index (χ1) is 12.2. The number of aromatic nitrogens is 1. The van der Waals surface area contributed by atoms with E-state index < -0.39 is 5.82 Å². The zero-order valence-electron chi connectivity index (χ0n) is 14.4. The summed E-state index contributed by atoms with van der Waals surface area (Å²) in [5, 5.41) is 6.11. The normalized spacial score (nSPS) is 10.3. The van der Waals surface area contributed by atoms with Gasteiger partial charge in [0.2, 0.25) is 5.91 Å². The molecule has 0 unspecified atom stereocenters. The number of carbonyl (C=O) groups excluding carboxylic acids is 1.